The first-order valence-corrected chi connectivity index (χ1v) is 4.52. The molecule has 0 atom stereocenters. The summed E-state index contributed by atoms with van der Waals surface area (Å²) in [4.78, 5) is 0. The quantitative estimate of drug-likeness (QED) is 0.711. The maximum atomic E-state index is 5.77. The molecule has 0 aliphatic carbocycles. The lowest BCUT2D eigenvalue weighted by molar-refractivity contribution is 1.07. The van der Waals surface area contributed by atoms with E-state index in [2.05, 4.69) is 26.1 Å². The van der Waals surface area contributed by atoms with Crippen molar-refractivity contribution in [2.75, 3.05) is 0 Å². The molecule has 1 aromatic heterocycles. The minimum absolute atomic E-state index is 0.397. The Morgan fingerprint density at radius 1 is 1.17 bits per heavy atom. The summed E-state index contributed by atoms with van der Waals surface area (Å²) in [7, 11) is 0. The van der Waals surface area contributed by atoms with E-state index in [4.69, 9.17) is 11.6 Å². The van der Waals surface area contributed by atoms with Crippen LogP contribution in [0, 0.1) is 0 Å². The van der Waals surface area contributed by atoms with Crippen LogP contribution in [-0.4, -0.2) is 10.2 Å². The SMILES string of the molecule is Clc1nnc2ccccc2c1Br. The molecule has 0 spiro atoms. The van der Waals surface area contributed by atoms with Gasteiger partial charge in [-0.15, -0.1) is 10.2 Å². The highest BCUT2D eigenvalue weighted by Crippen LogP contribution is 2.26. The van der Waals surface area contributed by atoms with Crippen molar-refractivity contribution in [1.82, 2.24) is 10.2 Å². The molecule has 1 heterocycles. The zero-order valence-electron chi connectivity index (χ0n) is 5.96. The van der Waals surface area contributed by atoms with Crippen LogP contribution in [0.1, 0.15) is 0 Å². The Labute approximate surface area is 82.7 Å². The van der Waals surface area contributed by atoms with E-state index < -0.39 is 0 Å². The molecular weight excluding hydrogens is 239 g/mol. The second-order valence-corrected chi connectivity index (χ2v) is 3.47. The third-order valence-electron chi connectivity index (χ3n) is 1.57. The molecule has 0 fully saturated rings. The molecule has 0 saturated heterocycles. The molecule has 4 heteroatoms. The van der Waals surface area contributed by atoms with Crippen LogP contribution in [0.3, 0.4) is 0 Å². The Hall–Kier alpha value is -0.670. The predicted octanol–water partition coefficient (Wildman–Crippen LogP) is 3.05. The second kappa shape index (κ2) is 2.99. The maximum absolute atomic E-state index is 5.77. The van der Waals surface area contributed by atoms with E-state index >= 15 is 0 Å². The van der Waals surface area contributed by atoms with E-state index in [1.54, 1.807) is 0 Å². The summed E-state index contributed by atoms with van der Waals surface area (Å²) in [6, 6.07) is 7.69. The summed E-state index contributed by atoms with van der Waals surface area (Å²) in [6.45, 7) is 0. The lowest BCUT2D eigenvalue weighted by atomic mass is 10.2. The van der Waals surface area contributed by atoms with Crippen LogP contribution in [0.15, 0.2) is 28.7 Å². The van der Waals surface area contributed by atoms with Gasteiger partial charge in [0, 0.05) is 5.39 Å². The van der Waals surface area contributed by atoms with E-state index in [0.717, 1.165) is 15.4 Å². The Bertz CT molecular complexity index is 430. The Kier molecular flexibility index (Phi) is 1.98. The van der Waals surface area contributed by atoms with Crippen LogP contribution in [0.2, 0.25) is 5.15 Å². The first-order valence-electron chi connectivity index (χ1n) is 3.35. The number of hydrogen-bond donors (Lipinski definition) is 0. The molecule has 12 heavy (non-hydrogen) atoms. The molecule has 0 unspecified atom stereocenters. The van der Waals surface area contributed by atoms with Gasteiger partial charge in [0.05, 0.1) is 9.99 Å². The number of rotatable bonds is 0. The summed E-state index contributed by atoms with van der Waals surface area (Å²) in [5, 5.41) is 9.09. The molecule has 2 aromatic rings. The minimum Gasteiger partial charge on any atom is -0.149 e. The van der Waals surface area contributed by atoms with Crippen molar-refractivity contribution in [2.45, 2.75) is 0 Å². The van der Waals surface area contributed by atoms with Gasteiger partial charge >= 0.3 is 0 Å². The molecule has 2 rings (SSSR count). The van der Waals surface area contributed by atoms with Crippen LogP contribution in [0.4, 0.5) is 0 Å². The number of halogens is 2. The highest BCUT2D eigenvalue weighted by molar-refractivity contribution is 9.10. The van der Waals surface area contributed by atoms with Crippen molar-refractivity contribution in [3.63, 3.8) is 0 Å². The normalized spacial score (nSPS) is 10.5. The Balaban J connectivity index is 2.91. The lowest BCUT2D eigenvalue weighted by Gasteiger charge is -1.98. The fourth-order valence-electron chi connectivity index (χ4n) is 0.999. The molecule has 1 aromatic carbocycles. The van der Waals surface area contributed by atoms with Gasteiger partial charge in [-0.1, -0.05) is 29.8 Å². The number of fused-ring (bicyclic) bond motifs is 1. The van der Waals surface area contributed by atoms with Crippen molar-refractivity contribution in [3.8, 4) is 0 Å². The van der Waals surface area contributed by atoms with Gasteiger partial charge in [-0.05, 0) is 22.0 Å². The van der Waals surface area contributed by atoms with Gasteiger partial charge < -0.3 is 0 Å². The van der Waals surface area contributed by atoms with Gasteiger partial charge in [0.25, 0.3) is 0 Å². The average Bonchev–Trinajstić information content (AvgIpc) is 2.12. The predicted molar refractivity (Wildman–Crippen MR) is 52.2 cm³/mol. The van der Waals surface area contributed by atoms with E-state index in [1.165, 1.54) is 0 Å². The third-order valence-corrected chi connectivity index (χ3v) is 2.86. The fourth-order valence-corrected chi connectivity index (χ4v) is 1.55. The first kappa shape index (κ1) is 7.95. The lowest BCUT2D eigenvalue weighted by Crippen LogP contribution is -1.85. The summed E-state index contributed by atoms with van der Waals surface area (Å²) < 4.78 is 0.801. The standard InChI is InChI=1S/C8H4BrClN2/c9-7-5-3-1-2-4-6(5)11-12-8(7)10/h1-4H. The molecular formula is C8H4BrClN2. The van der Waals surface area contributed by atoms with Crippen LogP contribution >= 0.6 is 27.5 Å². The summed E-state index contributed by atoms with van der Waals surface area (Å²) in [6.07, 6.45) is 0. The minimum atomic E-state index is 0.397. The number of hydrogen-bond acceptors (Lipinski definition) is 2. The van der Waals surface area contributed by atoms with Gasteiger partial charge in [0.2, 0.25) is 0 Å². The highest BCUT2D eigenvalue weighted by atomic mass is 79.9. The van der Waals surface area contributed by atoms with Gasteiger partial charge in [-0.3, -0.25) is 0 Å². The monoisotopic (exact) mass is 242 g/mol. The van der Waals surface area contributed by atoms with Crippen LogP contribution in [0.25, 0.3) is 10.9 Å². The van der Waals surface area contributed by atoms with Gasteiger partial charge in [0.15, 0.2) is 5.15 Å². The van der Waals surface area contributed by atoms with E-state index in [-0.39, 0.29) is 0 Å². The zero-order chi connectivity index (χ0) is 8.55. The van der Waals surface area contributed by atoms with Crippen LogP contribution in [-0.2, 0) is 0 Å². The smallest absolute Gasteiger partial charge is 0.149 e. The second-order valence-electron chi connectivity index (χ2n) is 2.32. The van der Waals surface area contributed by atoms with Crippen LogP contribution < -0.4 is 0 Å². The molecule has 0 bridgehead atoms. The van der Waals surface area contributed by atoms with Crippen molar-refractivity contribution >= 4 is 38.4 Å². The topological polar surface area (TPSA) is 25.8 Å². The number of nitrogens with zero attached hydrogens (tertiary/aromatic N) is 2. The van der Waals surface area contributed by atoms with Gasteiger partial charge in [-0.2, -0.15) is 0 Å². The highest BCUT2D eigenvalue weighted by Gasteiger charge is 2.03. The molecule has 0 amide bonds. The summed E-state index contributed by atoms with van der Waals surface area (Å²) in [5.74, 6) is 0. The van der Waals surface area contributed by atoms with Crippen molar-refractivity contribution < 1.29 is 0 Å². The molecule has 0 aliphatic heterocycles. The molecule has 0 saturated carbocycles. The molecule has 0 radical (unpaired) electrons. The van der Waals surface area contributed by atoms with E-state index in [1.807, 2.05) is 24.3 Å². The first-order chi connectivity index (χ1) is 5.79. The largest absolute Gasteiger partial charge is 0.166 e. The van der Waals surface area contributed by atoms with Gasteiger partial charge in [-0.25, -0.2) is 0 Å². The Morgan fingerprint density at radius 3 is 2.75 bits per heavy atom. The molecule has 60 valence electrons. The maximum Gasteiger partial charge on any atom is 0.166 e. The Morgan fingerprint density at radius 2 is 1.92 bits per heavy atom. The van der Waals surface area contributed by atoms with Crippen molar-refractivity contribution in [1.29, 1.82) is 0 Å². The molecule has 0 aliphatic rings. The van der Waals surface area contributed by atoms with Crippen molar-refractivity contribution in [2.24, 2.45) is 0 Å². The summed E-state index contributed by atoms with van der Waals surface area (Å²) >= 11 is 9.11. The van der Waals surface area contributed by atoms with Crippen LogP contribution in [0.5, 0.6) is 0 Å². The van der Waals surface area contributed by atoms with E-state index in [9.17, 15) is 0 Å². The molecule has 2 nitrogen and oxygen atoms in total. The van der Waals surface area contributed by atoms with Gasteiger partial charge in [0.1, 0.15) is 0 Å². The fraction of sp³-hybridized carbons (Fsp3) is 0. The molecule has 0 N–H and O–H groups in total. The third kappa shape index (κ3) is 1.19. The van der Waals surface area contributed by atoms with E-state index in [0.29, 0.717) is 5.15 Å². The van der Waals surface area contributed by atoms with Crippen molar-refractivity contribution in [3.05, 3.63) is 33.9 Å². The number of benzene rings is 1. The summed E-state index contributed by atoms with van der Waals surface area (Å²) in [5.41, 5.74) is 0.841. The number of aromatic nitrogens is 2. The average molecular weight is 243 g/mol. The zero-order valence-corrected chi connectivity index (χ0v) is 8.30.